The Morgan fingerprint density at radius 1 is 0.818 bits per heavy atom. The van der Waals surface area contributed by atoms with Crippen molar-refractivity contribution >= 4 is 35.5 Å². The molecule has 1 heterocycles. The van der Waals surface area contributed by atoms with Gasteiger partial charge in [-0.2, -0.15) is 0 Å². The van der Waals surface area contributed by atoms with Crippen molar-refractivity contribution in [3.05, 3.63) is 24.3 Å². The minimum atomic E-state index is -4.96. The van der Waals surface area contributed by atoms with Crippen molar-refractivity contribution in [1.82, 2.24) is 24.3 Å². The molecule has 20 heteroatoms. The maximum atomic E-state index is 12.7. The van der Waals surface area contributed by atoms with E-state index in [0.29, 0.717) is 0 Å². The van der Waals surface area contributed by atoms with E-state index in [2.05, 4.69) is 4.72 Å². The molecule has 0 amide bonds. The number of hydrogen-bond acceptors (Lipinski definition) is 17. The number of aliphatic carboxylic acids is 3. The quantitative estimate of drug-likeness (QED) is 0.165. The highest BCUT2D eigenvalue weighted by molar-refractivity contribution is 7.89. The molecule has 0 spiro atoms. The van der Waals surface area contributed by atoms with Gasteiger partial charge in [0.05, 0.1) is 28.9 Å². The van der Waals surface area contributed by atoms with Gasteiger partial charge in [0.15, 0.2) is 0 Å². The predicted octanol–water partition coefficient (Wildman–Crippen LogP) is -7.95. The Kier molecular flexibility index (Phi) is 15.1. The standard InChI is InChI=1S/C24H40N5O13PS/c30-19(13-25-44(40,41)21-3-1-20(2-4-21)42-17-24(35)36)14-26-5-7-27(15-22(31)32)9-11-29(18-43(37,38)39)12-10-28(8-6-26)16-23(33)34/h1-4,19,25,30H,5-18H2,(H,31,32)(H,33,34)(H,35,36)(H2,37,38,39)/p-5. The monoisotopic (exact) mass is 664 g/mol. The summed E-state index contributed by atoms with van der Waals surface area (Å²) in [7, 11) is -9.04. The number of nitrogens with zero attached hydrogens (tertiary/aromatic N) is 4. The van der Waals surface area contributed by atoms with Gasteiger partial charge in [-0.25, -0.2) is 13.1 Å². The van der Waals surface area contributed by atoms with Crippen LogP contribution in [-0.2, 0) is 29.0 Å². The van der Waals surface area contributed by atoms with Gasteiger partial charge in [-0.3, -0.25) is 19.6 Å². The summed E-state index contributed by atoms with van der Waals surface area (Å²) in [5, 5.41) is 43.8. The zero-order valence-corrected chi connectivity index (χ0v) is 25.5. The molecule has 1 aromatic carbocycles. The second-order valence-corrected chi connectivity index (χ2v) is 13.4. The molecule has 1 aliphatic rings. The van der Waals surface area contributed by atoms with E-state index >= 15 is 0 Å². The Morgan fingerprint density at radius 2 is 1.27 bits per heavy atom. The first-order chi connectivity index (χ1) is 20.5. The zero-order valence-electron chi connectivity index (χ0n) is 23.8. The average Bonchev–Trinajstić information content (AvgIpc) is 2.91. The molecular formula is C24H35N5O13PS-5. The fourth-order valence-electron chi connectivity index (χ4n) is 4.34. The lowest BCUT2D eigenvalue weighted by molar-refractivity contribution is -0.316. The molecular weight excluding hydrogens is 629 g/mol. The Morgan fingerprint density at radius 3 is 1.70 bits per heavy atom. The Hall–Kier alpha value is -2.71. The third kappa shape index (κ3) is 15.3. The van der Waals surface area contributed by atoms with Crippen LogP contribution in [0.3, 0.4) is 0 Å². The third-order valence-corrected chi connectivity index (χ3v) is 8.66. The number of hydrogen-bond donors (Lipinski definition) is 2. The van der Waals surface area contributed by atoms with E-state index in [4.69, 9.17) is 4.74 Å². The lowest BCUT2D eigenvalue weighted by atomic mass is 10.3. The van der Waals surface area contributed by atoms with Gasteiger partial charge in [-0.05, 0) is 24.3 Å². The molecule has 1 aliphatic heterocycles. The SMILES string of the molecule is O=C([O-])COc1ccc(S(=O)(=O)NCC(O)CN2CCN(CC(=O)[O-])CCN(CP(=O)([O-])[O-])CCN(CC(=O)[O-])CC2)cc1. The van der Waals surface area contributed by atoms with Crippen LogP contribution in [0.1, 0.15) is 0 Å². The molecule has 1 saturated heterocycles. The topological polar surface area (TPSA) is 272 Å². The Balaban J connectivity index is 2.08. The first-order valence-electron chi connectivity index (χ1n) is 13.4. The maximum absolute atomic E-state index is 12.7. The minimum absolute atomic E-state index is 0.00477. The Labute approximate surface area is 254 Å². The number of aliphatic hydroxyl groups excluding tert-OH is 1. The minimum Gasteiger partial charge on any atom is -0.810 e. The van der Waals surface area contributed by atoms with Crippen LogP contribution in [-0.4, -0.2) is 149 Å². The number of benzene rings is 1. The van der Waals surface area contributed by atoms with Crippen molar-refractivity contribution in [2.75, 3.05) is 91.4 Å². The van der Waals surface area contributed by atoms with Gasteiger partial charge in [-0.15, -0.1) is 0 Å². The number of nitrogens with one attached hydrogen (secondary N) is 1. The smallest absolute Gasteiger partial charge is 0.240 e. The van der Waals surface area contributed by atoms with Crippen molar-refractivity contribution in [2.24, 2.45) is 0 Å². The fraction of sp³-hybridized carbons (Fsp3) is 0.625. The van der Waals surface area contributed by atoms with E-state index < -0.39 is 74.2 Å². The van der Waals surface area contributed by atoms with Crippen LogP contribution in [0.15, 0.2) is 29.2 Å². The molecule has 44 heavy (non-hydrogen) atoms. The summed E-state index contributed by atoms with van der Waals surface area (Å²) in [5.74, 6) is -4.12. The summed E-state index contributed by atoms with van der Waals surface area (Å²) >= 11 is 0. The summed E-state index contributed by atoms with van der Waals surface area (Å²) in [6, 6.07) is 4.87. The van der Waals surface area contributed by atoms with E-state index in [1.807, 2.05) is 0 Å². The molecule has 0 saturated carbocycles. The van der Waals surface area contributed by atoms with Gasteiger partial charge in [0.25, 0.3) is 0 Å². The van der Waals surface area contributed by atoms with Crippen LogP contribution in [0.25, 0.3) is 0 Å². The van der Waals surface area contributed by atoms with Gasteiger partial charge >= 0.3 is 0 Å². The Bertz CT molecular complexity index is 1220. The van der Waals surface area contributed by atoms with Gasteiger partial charge in [0.2, 0.25) is 10.0 Å². The second-order valence-electron chi connectivity index (χ2n) is 10.1. The fourth-order valence-corrected chi connectivity index (χ4v) is 6.18. The number of ether oxygens (including phenoxy) is 1. The molecule has 1 unspecified atom stereocenters. The van der Waals surface area contributed by atoms with Crippen LogP contribution in [0, 0.1) is 0 Å². The summed E-state index contributed by atoms with van der Waals surface area (Å²) in [6.07, 6.45) is -2.06. The lowest BCUT2D eigenvalue weighted by Crippen LogP contribution is -2.51. The maximum Gasteiger partial charge on any atom is 0.240 e. The van der Waals surface area contributed by atoms with Crippen molar-refractivity contribution in [3.63, 3.8) is 0 Å². The van der Waals surface area contributed by atoms with E-state index in [-0.39, 0.29) is 69.5 Å². The number of carboxylic acids is 3. The normalized spacial score (nSPS) is 18.2. The predicted molar refractivity (Wildman–Crippen MR) is 142 cm³/mol. The molecule has 2 rings (SSSR count). The molecule has 0 aliphatic carbocycles. The number of carboxylic acid groups (broad SMARTS) is 3. The summed E-state index contributed by atoms with van der Waals surface area (Å²) < 4.78 is 43.9. The van der Waals surface area contributed by atoms with Gasteiger partial charge in [0.1, 0.15) is 12.4 Å². The average molecular weight is 665 g/mol. The van der Waals surface area contributed by atoms with E-state index in [0.717, 1.165) is 0 Å². The van der Waals surface area contributed by atoms with Gasteiger partial charge in [-0.1, -0.05) is 7.60 Å². The van der Waals surface area contributed by atoms with Crippen molar-refractivity contribution in [2.45, 2.75) is 11.0 Å². The molecule has 0 radical (unpaired) electrons. The van der Waals surface area contributed by atoms with Crippen molar-refractivity contribution in [1.29, 1.82) is 0 Å². The number of aliphatic hydroxyl groups is 1. The van der Waals surface area contributed by atoms with Gasteiger partial charge in [0, 0.05) is 84.8 Å². The lowest BCUT2D eigenvalue weighted by Gasteiger charge is -2.39. The number of rotatable bonds is 15. The zero-order chi connectivity index (χ0) is 32.9. The van der Waals surface area contributed by atoms with Crippen molar-refractivity contribution in [3.8, 4) is 5.75 Å². The first-order valence-corrected chi connectivity index (χ1v) is 16.6. The summed E-state index contributed by atoms with van der Waals surface area (Å²) in [6.45, 7) is -1.59. The van der Waals surface area contributed by atoms with Crippen LogP contribution in [0.4, 0.5) is 0 Å². The van der Waals surface area contributed by atoms with Crippen LogP contribution in [0.2, 0.25) is 0 Å². The molecule has 250 valence electrons. The molecule has 1 aromatic rings. The molecule has 18 nitrogen and oxygen atoms in total. The van der Waals surface area contributed by atoms with Crippen LogP contribution in [0.5, 0.6) is 5.75 Å². The van der Waals surface area contributed by atoms with Crippen LogP contribution >= 0.6 is 7.60 Å². The molecule has 1 atom stereocenters. The van der Waals surface area contributed by atoms with Crippen LogP contribution < -0.4 is 34.6 Å². The molecule has 0 bridgehead atoms. The van der Waals surface area contributed by atoms with E-state index in [1.165, 1.54) is 39.0 Å². The molecule has 2 N–H and O–H groups in total. The highest BCUT2D eigenvalue weighted by Crippen LogP contribution is 2.24. The summed E-state index contributed by atoms with van der Waals surface area (Å²) in [5.41, 5.74) is 0. The van der Waals surface area contributed by atoms with E-state index in [9.17, 15) is 57.6 Å². The van der Waals surface area contributed by atoms with Crippen molar-refractivity contribution < 1.29 is 62.3 Å². The first kappa shape index (κ1) is 37.5. The molecule has 0 aromatic heterocycles. The third-order valence-electron chi connectivity index (χ3n) is 6.48. The summed E-state index contributed by atoms with van der Waals surface area (Å²) in [4.78, 5) is 61.6. The molecule has 1 fully saturated rings. The number of sulfonamides is 1. The number of carbonyl (C=O) groups is 3. The highest BCUT2D eigenvalue weighted by Gasteiger charge is 2.21. The number of carbonyl (C=O) groups excluding carboxylic acids is 3. The largest absolute Gasteiger partial charge is 0.810 e. The van der Waals surface area contributed by atoms with Gasteiger partial charge < -0.3 is 53.9 Å². The highest BCUT2D eigenvalue weighted by atomic mass is 32.2. The second kappa shape index (κ2) is 17.7. The van der Waals surface area contributed by atoms with E-state index in [1.54, 1.807) is 4.90 Å². The number of β-amino-alcohol motifs (C(OH)–C–C–N with tert-alkyl or cyclic N) is 1.